The Labute approximate surface area is 99.0 Å². The average molecular weight is 221 g/mol. The van der Waals surface area contributed by atoms with Crippen LogP contribution in [0.1, 0.15) is 32.8 Å². The molecular formula is C14H23NO. The topological polar surface area (TPSA) is 21.3 Å². The molecule has 1 N–H and O–H groups in total. The second kappa shape index (κ2) is 7.42. The third-order valence-electron chi connectivity index (χ3n) is 2.41. The Morgan fingerprint density at radius 1 is 1.12 bits per heavy atom. The van der Waals surface area contributed by atoms with Gasteiger partial charge in [-0.2, -0.15) is 5.48 Å². The van der Waals surface area contributed by atoms with Gasteiger partial charge in [-0.15, -0.1) is 0 Å². The van der Waals surface area contributed by atoms with Gasteiger partial charge >= 0.3 is 0 Å². The quantitative estimate of drug-likeness (QED) is 0.714. The molecule has 0 spiro atoms. The molecule has 16 heavy (non-hydrogen) atoms. The van der Waals surface area contributed by atoms with Crippen LogP contribution < -0.4 is 5.48 Å². The predicted octanol–water partition coefficient (Wildman–Crippen LogP) is 3.18. The van der Waals surface area contributed by atoms with Gasteiger partial charge in [-0.3, -0.25) is 0 Å². The van der Waals surface area contributed by atoms with Gasteiger partial charge in [-0.25, -0.2) is 0 Å². The Morgan fingerprint density at radius 3 is 2.44 bits per heavy atom. The van der Waals surface area contributed by atoms with Crippen LogP contribution >= 0.6 is 0 Å². The van der Waals surface area contributed by atoms with Gasteiger partial charge in [0.05, 0.1) is 6.61 Å². The highest BCUT2D eigenvalue weighted by Gasteiger charge is 2.02. The molecule has 0 saturated heterocycles. The second-order valence-corrected chi connectivity index (χ2v) is 4.75. The van der Waals surface area contributed by atoms with E-state index in [4.69, 9.17) is 4.84 Å². The fourth-order valence-corrected chi connectivity index (χ4v) is 1.44. The second-order valence-electron chi connectivity index (χ2n) is 4.75. The van der Waals surface area contributed by atoms with Crippen LogP contribution in [0.5, 0.6) is 0 Å². The summed E-state index contributed by atoms with van der Waals surface area (Å²) in [5.41, 5.74) is 4.47. The van der Waals surface area contributed by atoms with E-state index in [0.29, 0.717) is 12.0 Å². The smallest absolute Gasteiger partial charge is 0.0705 e. The van der Waals surface area contributed by atoms with E-state index in [2.05, 4.69) is 56.6 Å². The summed E-state index contributed by atoms with van der Waals surface area (Å²) in [7, 11) is 0. The van der Waals surface area contributed by atoms with Crippen molar-refractivity contribution in [1.82, 2.24) is 5.48 Å². The summed E-state index contributed by atoms with van der Waals surface area (Å²) in [6.45, 7) is 7.23. The van der Waals surface area contributed by atoms with Crippen molar-refractivity contribution in [3.8, 4) is 0 Å². The molecule has 0 aliphatic heterocycles. The van der Waals surface area contributed by atoms with Gasteiger partial charge in [0.15, 0.2) is 0 Å². The van der Waals surface area contributed by atoms with Crippen molar-refractivity contribution >= 4 is 0 Å². The highest BCUT2D eigenvalue weighted by Crippen LogP contribution is 2.04. The lowest BCUT2D eigenvalue weighted by Gasteiger charge is -2.14. The minimum atomic E-state index is 0.402. The van der Waals surface area contributed by atoms with Gasteiger partial charge in [0.2, 0.25) is 0 Å². The van der Waals surface area contributed by atoms with Crippen LogP contribution in [0, 0.1) is 5.92 Å². The molecule has 1 rings (SSSR count). The minimum absolute atomic E-state index is 0.402. The van der Waals surface area contributed by atoms with E-state index in [1.165, 1.54) is 5.56 Å². The Morgan fingerprint density at radius 2 is 1.81 bits per heavy atom. The number of nitrogens with one attached hydrogen (secondary N) is 1. The predicted molar refractivity (Wildman–Crippen MR) is 68.2 cm³/mol. The van der Waals surface area contributed by atoms with E-state index >= 15 is 0 Å². The third-order valence-corrected chi connectivity index (χ3v) is 2.41. The molecule has 2 nitrogen and oxygen atoms in total. The number of benzene rings is 1. The molecule has 0 heterocycles. The average Bonchev–Trinajstić information content (AvgIpc) is 2.27. The van der Waals surface area contributed by atoms with Crippen molar-refractivity contribution in [2.24, 2.45) is 5.92 Å². The van der Waals surface area contributed by atoms with E-state index in [0.717, 1.165) is 19.4 Å². The van der Waals surface area contributed by atoms with Crippen molar-refractivity contribution in [2.45, 2.75) is 39.7 Å². The molecule has 90 valence electrons. The summed E-state index contributed by atoms with van der Waals surface area (Å²) in [6, 6.07) is 11.0. The number of hydroxylamine groups is 1. The van der Waals surface area contributed by atoms with Crippen molar-refractivity contribution in [2.75, 3.05) is 6.61 Å². The van der Waals surface area contributed by atoms with Crippen LogP contribution in [0.4, 0.5) is 0 Å². The van der Waals surface area contributed by atoms with Crippen LogP contribution in [0.3, 0.4) is 0 Å². The minimum Gasteiger partial charge on any atom is -0.301 e. The molecule has 1 aromatic rings. The zero-order chi connectivity index (χ0) is 11.8. The summed E-state index contributed by atoms with van der Waals surface area (Å²) in [6.07, 6.45) is 2.20. The molecule has 0 saturated carbocycles. The van der Waals surface area contributed by atoms with Crippen LogP contribution in [-0.4, -0.2) is 12.6 Å². The molecule has 2 heteroatoms. The van der Waals surface area contributed by atoms with Crippen LogP contribution in [0.2, 0.25) is 0 Å². The van der Waals surface area contributed by atoms with Gasteiger partial charge in [0.1, 0.15) is 0 Å². The van der Waals surface area contributed by atoms with Crippen LogP contribution in [0.25, 0.3) is 0 Å². The van der Waals surface area contributed by atoms with Crippen LogP contribution in [0.15, 0.2) is 30.3 Å². The van der Waals surface area contributed by atoms with Gasteiger partial charge < -0.3 is 4.84 Å². The SMILES string of the molecule is CC(C)CONC(C)CCc1ccccc1. The number of rotatable bonds is 7. The molecular weight excluding hydrogens is 198 g/mol. The maximum Gasteiger partial charge on any atom is 0.0705 e. The van der Waals surface area contributed by atoms with E-state index in [9.17, 15) is 0 Å². The normalized spacial score (nSPS) is 13.0. The first-order chi connectivity index (χ1) is 7.68. The van der Waals surface area contributed by atoms with E-state index in [1.54, 1.807) is 0 Å². The Hall–Kier alpha value is -0.860. The van der Waals surface area contributed by atoms with Gasteiger partial charge in [-0.1, -0.05) is 44.2 Å². The molecule has 1 unspecified atom stereocenters. The Bertz CT molecular complexity index is 271. The van der Waals surface area contributed by atoms with E-state index in [1.807, 2.05) is 0 Å². The molecule has 0 aliphatic carbocycles. The monoisotopic (exact) mass is 221 g/mol. The Balaban J connectivity index is 2.13. The highest BCUT2D eigenvalue weighted by molar-refractivity contribution is 5.14. The van der Waals surface area contributed by atoms with Gasteiger partial charge in [0.25, 0.3) is 0 Å². The molecule has 1 aromatic carbocycles. The maximum atomic E-state index is 5.40. The highest BCUT2D eigenvalue weighted by atomic mass is 16.6. The number of hydrogen-bond donors (Lipinski definition) is 1. The number of hydrogen-bond acceptors (Lipinski definition) is 2. The van der Waals surface area contributed by atoms with Crippen LogP contribution in [-0.2, 0) is 11.3 Å². The Kier molecular flexibility index (Phi) is 6.12. The summed E-state index contributed by atoms with van der Waals surface area (Å²) in [5.74, 6) is 0.578. The lowest BCUT2D eigenvalue weighted by atomic mass is 10.1. The van der Waals surface area contributed by atoms with E-state index in [-0.39, 0.29) is 0 Å². The zero-order valence-electron chi connectivity index (χ0n) is 10.6. The maximum absolute atomic E-state index is 5.40. The molecule has 0 bridgehead atoms. The molecule has 0 fully saturated rings. The van der Waals surface area contributed by atoms with Crippen molar-refractivity contribution in [1.29, 1.82) is 0 Å². The first kappa shape index (κ1) is 13.2. The largest absolute Gasteiger partial charge is 0.301 e. The van der Waals surface area contributed by atoms with Crippen molar-refractivity contribution in [3.05, 3.63) is 35.9 Å². The molecule has 0 aliphatic rings. The summed E-state index contributed by atoms with van der Waals surface area (Å²) < 4.78 is 0. The molecule has 0 radical (unpaired) electrons. The van der Waals surface area contributed by atoms with Gasteiger partial charge in [-0.05, 0) is 31.2 Å². The lowest BCUT2D eigenvalue weighted by molar-refractivity contribution is 0.00308. The fraction of sp³-hybridized carbons (Fsp3) is 0.571. The summed E-state index contributed by atoms with van der Waals surface area (Å²) in [4.78, 5) is 5.40. The summed E-state index contributed by atoms with van der Waals surface area (Å²) in [5, 5.41) is 0. The third kappa shape index (κ3) is 5.89. The lowest BCUT2D eigenvalue weighted by Crippen LogP contribution is -2.28. The molecule has 0 aromatic heterocycles. The standard InChI is InChI=1S/C14H23NO/c1-12(2)11-16-15-13(3)9-10-14-7-5-4-6-8-14/h4-8,12-13,15H,9-11H2,1-3H3. The van der Waals surface area contributed by atoms with E-state index < -0.39 is 0 Å². The van der Waals surface area contributed by atoms with Gasteiger partial charge in [0, 0.05) is 6.04 Å². The van der Waals surface area contributed by atoms with Crippen molar-refractivity contribution < 1.29 is 4.84 Å². The zero-order valence-corrected chi connectivity index (χ0v) is 10.6. The van der Waals surface area contributed by atoms with Crippen molar-refractivity contribution in [3.63, 3.8) is 0 Å². The summed E-state index contributed by atoms with van der Waals surface area (Å²) >= 11 is 0. The number of aryl methyl sites for hydroxylation is 1. The molecule has 1 atom stereocenters. The first-order valence-electron chi connectivity index (χ1n) is 6.09. The first-order valence-corrected chi connectivity index (χ1v) is 6.09. The molecule has 0 amide bonds. The fourth-order valence-electron chi connectivity index (χ4n) is 1.44.